The van der Waals surface area contributed by atoms with Gasteiger partial charge in [0.2, 0.25) is 11.6 Å². The largest absolute Gasteiger partial charge is 0.314 e. The predicted molar refractivity (Wildman–Crippen MR) is 54.6 cm³/mol. The van der Waals surface area contributed by atoms with Crippen LogP contribution in [0.4, 0.5) is 0 Å². The minimum Gasteiger partial charge on any atom is -0.314 e. The Kier molecular flexibility index (Phi) is 3.08. The fourth-order valence-electron chi connectivity index (χ4n) is 1.68. The predicted octanol–water partition coefficient (Wildman–Crippen LogP) is -1.10. The van der Waals surface area contributed by atoms with Gasteiger partial charge < -0.3 is 9.88 Å². The third-order valence-electron chi connectivity index (χ3n) is 2.54. The molecule has 0 unspecified atom stereocenters. The Morgan fingerprint density at radius 2 is 2.27 bits per heavy atom. The number of rotatable bonds is 3. The summed E-state index contributed by atoms with van der Waals surface area (Å²) in [4.78, 5) is 13.9. The first-order valence-electron chi connectivity index (χ1n) is 5.07. The van der Waals surface area contributed by atoms with Gasteiger partial charge in [0.1, 0.15) is 6.33 Å². The van der Waals surface area contributed by atoms with Crippen LogP contribution in [0.15, 0.2) is 6.33 Å². The van der Waals surface area contributed by atoms with Crippen LogP contribution in [-0.4, -0.2) is 58.2 Å². The van der Waals surface area contributed by atoms with Crippen molar-refractivity contribution >= 4 is 5.78 Å². The van der Waals surface area contributed by atoms with Crippen molar-refractivity contribution in [3.8, 4) is 0 Å². The van der Waals surface area contributed by atoms with E-state index in [0.717, 1.165) is 26.2 Å². The number of hydrogen-bond donors (Lipinski definition) is 1. The van der Waals surface area contributed by atoms with Gasteiger partial charge in [-0.05, 0) is 0 Å². The third-order valence-corrected chi connectivity index (χ3v) is 2.54. The van der Waals surface area contributed by atoms with Gasteiger partial charge in [0.25, 0.3) is 0 Å². The van der Waals surface area contributed by atoms with Crippen molar-refractivity contribution in [1.29, 1.82) is 0 Å². The Labute approximate surface area is 88.3 Å². The smallest absolute Gasteiger partial charge is 0.214 e. The number of carbonyl (C=O) groups is 1. The summed E-state index contributed by atoms with van der Waals surface area (Å²) in [5.41, 5.74) is 0. The first kappa shape index (κ1) is 10.3. The Balaban J connectivity index is 1.94. The second-order valence-corrected chi connectivity index (χ2v) is 3.71. The maximum Gasteiger partial charge on any atom is 0.214 e. The molecule has 6 nitrogen and oxygen atoms in total. The minimum atomic E-state index is 0.0388. The number of aryl methyl sites for hydroxylation is 1. The first-order valence-corrected chi connectivity index (χ1v) is 5.07. The summed E-state index contributed by atoms with van der Waals surface area (Å²) in [5, 5.41) is 10.7. The van der Waals surface area contributed by atoms with Crippen molar-refractivity contribution in [2.75, 3.05) is 32.7 Å². The molecule has 0 bridgehead atoms. The molecule has 6 heteroatoms. The molecule has 0 saturated carbocycles. The molecule has 2 heterocycles. The van der Waals surface area contributed by atoms with E-state index in [1.165, 1.54) is 0 Å². The lowest BCUT2D eigenvalue weighted by molar-refractivity contribution is 0.0907. The Morgan fingerprint density at radius 3 is 2.87 bits per heavy atom. The molecule has 1 aromatic heterocycles. The molecule has 1 saturated heterocycles. The number of nitrogens with zero attached hydrogens (tertiary/aromatic N) is 4. The van der Waals surface area contributed by atoms with E-state index in [9.17, 15) is 4.79 Å². The molecule has 15 heavy (non-hydrogen) atoms. The van der Waals surface area contributed by atoms with E-state index in [0.29, 0.717) is 12.4 Å². The van der Waals surface area contributed by atoms with Crippen LogP contribution in [0.2, 0.25) is 0 Å². The molecule has 0 aromatic carbocycles. The van der Waals surface area contributed by atoms with Gasteiger partial charge >= 0.3 is 0 Å². The van der Waals surface area contributed by atoms with E-state index < -0.39 is 0 Å². The number of piperazine rings is 1. The van der Waals surface area contributed by atoms with Crippen molar-refractivity contribution in [3.05, 3.63) is 12.2 Å². The maximum absolute atomic E-state index is 11.8. The summed E-state index contributed by atoms with van der Waals surface area (Å²) in [5.74, 6) is 0.477. The van der Waals surface area contributed by atoms with Gasteiger partial charge in [0.05, 0.1) is 6.54 Å². The van der Waals surface area contributed by atoms with E-state index in [1.54, 1.807) is 17.9 Å². The van der Waals surface area contributed by atoms with Crippen LogP contribution in [0.3, 0.4) is 0 Å². The van der Waals surface area contributed by atoms with Crippen molar-refractivity contribution in [2.45, 2.75) is 0 Å². The van der Waals surface area contributed by atoms with Gasteiger partial charge in [-0.15, -0.1) is 10.2 Å². The summed E-state index contributed by atoms with van der Waals surface area (Å²) in [6.07, 6.45) is 1.55. The van der Waals surface area contributed by atoms with E-state index in [-0.39, 0.29) is 5.78 Å². The molecular weight excluding hydrogens is 194 g/mol. The average molecular weight is 209 g/mol. The summed E-state index contributed by atoms with van der Waals surface area (Å²) >= 11 is 0. The fraction of sp³-hybridized carbons (Fsp3) is 0.667. The number of hydrogen-bond acceptors (Lipinski definition) is 5. The molecule has 1 fully saturated rings. The normalized spacial score (nSPS) is 17.9. The summed E-state index contributed by atoms with van der Waals surface area (Å²) in [7, 11) is 1.78. The van der Waals surface area contributed by atoms with Crippen LogP contribution in [-0.2, 0) is 7.05 Å². The van der Waals surface area contributed by atoms with Crippen LogP contribution in [0, 0.1) is 0 Å². The third kappa shape index (κ3) is 2.40. The van der Waals surface area contributed by atoms with Gasteiger partial charge in [0, 0.05) is 33.2 Å². The highest BCUT2D eigenvalue weighted by molar-refractivity contribution is 5.94. The summed E-state index contributed by atoms with van der Waals surface area (Å²) in [6.45, 7) is 4.18. The van der Waals surface area contributed by atoms with Gasteiger partial charge in [-0.3, -0.25) is 9.69 Å². The average Bonchev–Trinajstić information content (AvgIpc) is 2.66. The molecule has 0 atom stereocenters. The Morgan fingerprint density at radius 1 is 1.53 bits per heavy atom. The van der Waals surface area contributed by atoms with Crippen molar-refractivity contribution in [3.63, 3.8) is 0 Å². The monoisotopic (exact) mass is 209 g/mol. The van der Waals surface area contributed by atoms with Crippen molar-refractivity contribution in [2.24, 2.45) is 7.05 Å². The lowest BCUT2D eigenvalue weighted by Gasteiger charge is -2.26. The molecule has 0 radical (unpaired) electrons. The van der Waals surface area contributed by atoms with Crippen molar-refractivity contribution < 1.29 is 4.79 Å². The van der Waals surface area contributed by atoms with Crippen LogP contribution < -0.4 is 5.32 Å². The lowest BCUT2D eigenvalue weighted by atomic mass is 10.3. The zero-order valence-electron chi connectivity index (χ0n) is 8.81. The molecule has 0 aliphatic carbocycles. The van der Waals surface area contributed by atoms with Crippen LogP contribution in [0.1, 0.15) is 10.6 Å². The van der Waals surface area contributed by atoms with Gasteiger partial charge in [-0.1, -0.05) is 0 Å². The SMILES string of the molecule is Cn1cnnc1C(=O)CN1CCNCC1. The Bertz CT molecular complexity index is 342. The van der Waals surface area contributed by atoms with Crippen LogP contribution in [0.5, 0.6) is 0 Å². The number of aromatic nitrogens is 3. The number of Topliss-reactive ketones (excluding diaryl/α,β-unsaturated/α-hetero) is 1. The Hall–Kier alpha value is -1.27. The van der Waals surface area contributed by atoms with E-state index >= 15 is 0 Å². The topological polar surface area (TPSA) is 63.1 Å². The molecule has 1 N–H and O–H groups in total. The molecule has 1 aliphatic rings. The number of ketones is 1. The lowest BCUT2D eigenvalue weighted by Crippen LogP contribution is -2.45. The minimum absolute atomic E-state index is 0.0388. The van der Waals surface area contributed by atoms with Gasteiger partial charge in [-0.2, -0.15) is 0 Å². The molecule has 0 spiro atoms. The van der Waals surface area contributed by atoms with Gasteiger partial charge in [0.15, 0.2) is 0 Å². The number of carbonyl (C=O) groups excluding carboxylic acids is 1. The molecule has 0 amide bonds. The fourth-order valence-corrected chi connectivity index (χ4v) is 1.68. The van der Waals surface area contributed by atoms with E-state index in [4.69, 9.17) is 0 Å². The highest BCUT2D eigenvalue weighted by Crippen LogP contribution is 1.98. The first-order chi connectivity index (χ1) is 7.27. The second-order valence-electron chi connectivity index (χ2n) is 3.71. The number of nitrogens with one attached hydrogen (secondary N) is 1. The highest BCUT2D eigenvalue weighted by atomic mass is 16.1. The van der Waals surface area contributed by atoms with Gasteiger partial charge in [-0.25, -0.2) is 0 Å². The van der Waals surface area contributed by atoms with Crippen LogP contribution in [0.25, 0.3) is 0 Å². The quantitative estimate of drug-likeness (QED) is 0.640. The molecular formula is C9H15N5O. The zero-order valence-corrected chi connectivity index (χ0v) is 8.81. The maximum atomic E-state index is 11.8. The zero-order chi connectivity index (χ0) is 10.7. The van der Waals surface area contributed by atoms with E-state index in [1.807, 2.05) is 0 Å². The van der Waals surface area contributed by atoms with E-state index in [2.05, 4.69) is 20.4 Å². The van der Waals surface area contributed by atoms with Crippen LogP contribution >= 0.6 is 0 Å². The molecule has 82 valence electrons. The van der Waals surface area contributed by atoms with Crippen molar-refractivity contribution in [1.82, 2.24) is 25.0 Å². The highest BCUT2D eigenvalue weighted by Gasteiger charge is 2.17. The molecule has 1 aliphatic heterocycles. The molecule has 2 rings (SSSR count). The summed E-state index contributed by atoms with van der Waals surface area (Å²) in [6, 6.07) is 0. The second kappa shape index (κ2) is 4.50. The standard InChI is InChI=1S/C9H15N5O/c1-13-7-11-12-9(13)8(15)6-14-4-2-10-3-5-14/h7,10H,2-6H2,1H3. The summed E-state index contributed by atoms with van der Waals surface area (Å²) < 4.78 is 1.66. The molecule has 1 aromatic rings.